The molecule has 0 aromatic carbocycles. The monoisotopic (exact) mass is 360 g/mol. The lowest BCUT2D eigenvalue weighted by Crippen LogP contribution is -2.13. The predicted octanol–water partition coefficient (Wildman–Crippen LogP) is 5.43. The molecule has 4 heteroatoms. The molecule has 0 amide bonds. The molecule has 0 aliphatic rings. The molecule has 0 aromatic rings. The standard InChI is InChI=1S/C20H40O3S/c1-2-3-4-5-6-7-8-9-10-11-12-13-14-15-16-17-19-24(22,23)20-18-21/h9-10,21H,2-8,11-20H2,1H3/b10-9-. The van der Waals surface area contributed by atoms with Gasteiger partial charge in [-0.3, -0.25) is 0 Å². The van der Waals surface area contributed by atoms with Crippen LogP contribution in [0.25, 0.3) is 0 Å². The zero-order valence-electron chi connectivity index (χ0n) is 15.8. The van der Waals surface area contributed by atoms with Crippen molar-refractivity contribution in [3.8, 4) is 0 Å². The largest absolute Gasteiger partial charge is 0.395 e. The van der Waals surface area contributed by atoms with Crippen molar-refractivity contribution in [2.45, 2.75) is 96.8 Å². The number of unbranched alkanes of at least 4 members (excludes halogenated alkanes) is 12. The molecule has 144 valence electrons. The highest BCUT2D eigenvalue weighted by Crippen LogP contribution is 2.10. The minimum absolute atomic E-state index is 0.0852. The fourth-order valence-corrected chi connectivity index (χ4v) is 3.94. The molecule has 24 heavy (non-hydrogen) atoms. The van der Waals surface area contributed by atoms with Crippen LogP contribution in [0.1, 0.15) is 96.8 Å². The number of aliphatic hydroxyl groups is 1. The first-order valence-corrected chi connectivity index (χ1v) is 11.9. The summed E-state index contributed by atoms with van der Waals surface area (Å²) >= 11 is 0. The van der Waals surface area contributed by atoms with Gasteiger partial charge >= 0.3 is 0 Å². The summed E-state index contributed by atoms with van der Waals surface area (Å²) in [6.45, 7) is 2.00. The van der Waals surface area contributed by atoms with Crippen LogP contribution in [0.15, 0.2) is 12.2 Å². The molecule has 0 unspecified atom stereocenters. The highest BCUT2D eigenvalue weighted by molar-refractivity contribution is 7.91. The minimum Gasteiger partial charge on any atom is -0.395 e. The Morgan fingerprint density at radius 3 is 1.62 bits per heavy atom. The number of aliphatic hydroxyl groups excluding tert-OH is 1. The molecular weight excluding hydrogens is 320 g/mol. The molecule has 0 aliphatic carbocycles. The Balaban J connectivity index is 3.23. The number of hydrogen-bond acceptors (Lipinski definition) is 3. The highest BCUT2D eigenvalue weighted by atomic mass is 32.2. The first-order valence-electron chi connectivity index (χ1n) is 10.1. The van der Waals surface area contributed by atoms with Gasteiger partial charge in [-0.05, 0) is 32.1 Å². The van der Waals surface area contributed by atoms with E-state index < -0.39 is 9.84 Å². The van der Waals surface area contributed by atoms with Crippen LogP contribution in [0.5, 0.6) is 0 Å². The van der Waals surface area contributed by atoms with Gasteiger partial charge in [0.05, 0.1) is 18.1 Å². The number of hydrogen-bond donors (Lipinski definition) is 1. The SMILES string of the molecule is CCCCCCCC/C=C\CCCCCCCCS(=O)(=O)CCO. The zero-order valence-corrected chi connectivity index (χ0v) is 16.7. The summed E-state index contributed by atoms with van der Waals surface area (Å²) < 4.78 is 22.8. The minimum atomic E-state index is -3.01. The lowest BCUT2D eigenvalue weighted by Gasteiger charge is -2.02. The quantitative estimate of drug-likeness (QED) is 0.262. The van der Waals surface area contributed by atoms with E-state index in [1.165, 1.54) is 70.6 Å². The molecule has 0 fully saturated rings. The molecule has 0 atom stereocenters. The summed E-state index contributed by atoms with van der Waals surface area (Å²) in [5.74, 6) is 0.146. The van der Waals surface area contributed by atoms with Crippen molar-refractivity contribution in [1.82, 2.24) is 0 Å². The lowest BCUT2D eigenvalue weighted by atomic mass is 10.1. The lowest BCUT2D eigenvalue weighted by molar-refractivity contribution is 0.319. The van der Waals surface area contributed by atoms with E-state index in [0.29, 0.717) is 0 Å². The van der Waals surface area contributed by atoms with Gasteiger partial charge in [0.15, 0.2) is 9.84 Å². The molecule has 0 aliphatic heterocycles. The summed E-state index contributed by atoms with van der Waals surface area (Å²) in [6.07, 6.45) is 21.8. The van der Waals surface area contributed by atoms with E-state index in [9.17, 15) is 8.42 Å². The Morgan fingerprint density at radius 1 is 0.667 bits per heavy atom. The molecule has 0 radical (unpaired) electrons. The van der Waals surface area contributed by atoms with Crippen LogP contribution >= 0.6 is 0 Å². The Hall–Kier alpha value is -0.350. The molecule has 0 saturated heterocycles. The van der Waals surface area contributed by atoms with Crippen molar-refractivity contribution in [3.63, 3.8) is 0 Å². The van der Waals surface area contributed by atoms with E-state index >= 15 is 0 Å². The van der Waals surface area contributed by atoms with Gasteiger partial charge in [0, 0.05) is 0 Å². The molecule has 0 rings (SSSR count). The average Bonchev–Trinajstić information content (AvgIpc) is 2.54. The predicted molar refractivity (Wildman–Crippen MR) is 105 cm³/mol. The first kappa shape index (κ1) is 23.6. The van der Waals surface area contributed by atoms with E-state index in [-0.39, 0.29) is 18.1 Å². The fraction of sp³-hybridized carbons (Fsp3) is 0.900. The van der Waals surface area contributed by atoms with Crippen molar-refractivity contribution < 1.29 is 13.5 Å². The molecule has 0 heterocycles. The Bertz CT molecular complexity index is 374. The zero-order chi connectivity index (χ0) is 17.9. The van der Waals surface area contributed by atoms with E-state index in [4.69, 9.17) is 5.11 Å². The van der Waals surface area contributed by atoms with Crippen molar-refractivity contribution >= 4 is 9.84 Å². The van der Waals surface area contributed by atoms with Gasteiger partial charge in [0.25, 0.3) is 0 Å². The average molecular weight is 361 g/mol. The second-order valence-corrected chi connectivity index (χ2v) is 9.12. The number of allylic oxidation sites excluding steroid dienone is 2. The Morgan fingerprint density at radius 2 is 1.12 bits per heavy atom. The van der Waals surface area contributed by atoms with Crippen LogP contribution < -0.4 is 0 Å². The highest BCUT2D eigenvalue weighted by Gasteiger charge is 2.08. The maximum Gasteiger partial charge on any atom is 0.152 e. The van der Waals surface area contributed by atoms with Crippen molar-refractivity contribution in [3.05, 3.63) is 12.2 Å². The molecular formula is C20H40O3S. The van der Waals surface area contributed by atoms with Crippen molar-refractivity contribution in [2.24, 2.45) is 0 Å². The van der Waals surface area contributed by atoms with Gasteiger partial charge in [0.2, 0.25) is 0 Å². The van der Waals surface area contributed by atoms with E-state index in [0.717, 1.165) is 19.3 Å². The second kappa shape index (κ2) is 17.5. The van der Waals surface area contributed by atoms with Crippen LogP contribution in [0.3, 0.4) is 0 Å². The van der Waals surface area contributed by atoms with Crippen molar-refractivity contribution in [2.75, 3.05) is 18.1 Å². The van der Waals surface area contributed by atoms with E-state index in [1.54, 1.807) is 0 Å². The maximum atomic E-state index is 11.4. The van der Waals surface area contributed by atoms with Gasteiger partial charge in [-0.2, -0.15) is 0 Å². The fourth-order valence-electron chi connectivity index (χ4n) is 2.81. The smallest absolute Gasteiger partial charge is 0.152 e. The Kier molecular flexibility index (Phi) is 17.2. The van der Waals surface area contributed by atoms with Crippen LogP contribution in [0.4, 0.5) is 0 Å². The van der Waals surface area contributed by atoms with Gasteiger partial charge in [-0.1, -0.05) is 76.9 Å². The maximum absolute atomic E-state index is 11.4. The van der Waals surface area contributed by atoms with Gasteiger partial charge in [-0.25, -0.2) is 8.42 Å². The van der Waals surface area contributed by atoms with Crippen molar-refractivity contribution in [1.29, 1.82) is 0 Å². The Labute approximate surface area is 150 Å². The van der Waals surface area contributed by atoms with Crippen LogP contribution in [-0.2, 0) is 9.84 Å². The number of rotatable bonds is 18. The molecule has 0 bridgehead atoms. The molecule has 0 saturated carbocycles. The first-order chi connectivity index (χ1) is 11.6. The third-order valence-corrected chi connectivity index (χ3v) is 6.08. The van der Waals surface area contributed by atoms with Gasteiger partial charge < -0.3 is 5.11 Å². The van der Waals surface area contributed by atoms with Crippen LogP contribution in [0.2, 0.25) is 0 Å². The summed E-state index contributed by atoms with van der Waals surface area (Å²) in [7, 11) is -3.01. The van der Waals surface area contributed by atoms with Gasteiger partial charge in [-0.15, -0.1) is 0 Å². The molecule has 1 N–H and O–H groups in total. The summed E-state index contributed by atoms with van der Waals surface area (Å²) in [6, 6.07) is 0. The molecule has 3 nitrogen and oxygen atoms in total. The second-order valence-electron chi connectivity index (χ2n) is 6.81. The molecule has 0 spiro atoms. The molecule has 0 aromatic heterocycles. The normalized spacial score (nSPS) is 12.2. The summed E-state index contributed by atoms with van der Waals surface area (Å²) in [4.78, 5) is 0. The topological polar surface area (TPSA) is 54.4 Å². The summed E-state index contributed by atoms with van der Waals surface area (Å²) in [5.41, 5.74) is 0. The number of sulfone groups is 1. The van der Waals surface area contributed by atoms with Crippen LogP contribution in [0, 0.1) is 0 Å². The third kappa shape index (κ3) is 18.0. The summed E-state index contributed by atoms with van der Waals surface area (Å²) in [5, 5.41) is 8.65. The third-order valence-electron chi connectivity index (χ3n) is 4.37. The van der Waals surface area contributed by atoms with E-state index in [1.807, 2.05) is 0 Å². The van der Waals surface area contributed by atoms with Gasteiger partial charge in [0.1, 0.15) is 0 Å². The van der Waals surface area contributed by atoms with E-state index in [2.05, 4.69) is 19.1 Å². The van der Waals surface area contributed by atoms with Crippen LogP contribution in [-0.4, -0.2) is 31.6 Å².